The Morgan fingerprint density at radius 1 is 1.00 bits per heavy atom. The number of benzene rings is 1. The van der Waals surface area contributed by atoms with Crippen LogP contribution in [-0.4, -0.2) is 77.1 Å². The molecule has 0 saturated carbocycles. The molecule has 0 amide bonds. The average Bonchev–Trinajstić information content (AvgIpc) is 3.39. The molecule has 1 aromatic rings. The van der Waals surface area contributed by atoms with Gasteiger partial charge in [0, 0.05) is 0 Å². The van der Waals surface area contributed by atoms with Crippen molar-refractivity contribution in [3.8, 4) is 11.5 Å². The number of rotatable bonds is 6. The van der Waals surface area contributed by atoms with Crippen LogP contribution in [0.25, 0.3) is 0 Å². The van der Waals surface area contributed by atoms with E-state index in [1.165, 1.54) is 0 Å². The van der Waals surface area contributed by atoms with E-state index in [1.54, 1.807) is 24.3 Å². The van der Waals surface area contributed by atoms with Crippen LogP contribution in [0.5, 0.6) is 11.5 Å². The molecule has 1 aromatic carbocycles. The summed E-state index contributed by atoms with van der Waals surface area (Å²) in [4.78, 5) is 0. The highest BCUT2D eigenvalue weighted by atomic mass is 16.7. The van der Waals surface area contributed by atoms with Gasteiger partial charge in [-0.3, -0.25) is 0 Å². The first-order valence-corrected chi connectivity index (χ1v) is 7.40. The maximum Gasteiger partial charge on any atom is 0.229 e. The van der Waals surface area contributed by atoms with Crippen LogP contribution in [0.2, 0.25) is 0 Å². The van der Waals surface area contributed by atoms with Crippen molar-refractivity contribution >= 4 is 0 Å². The van der Waals surface area contributed by atoms with Crippen molar-refractivity contribution in [3.63, 3.8) is 0 Å². The summed E-state index contributed by atoms with van der Waals surface area (Å²) in [6.07, 6.45) is -6.34. The monoisotopic (exact) mass is 328 g/mol. The molecule has 2 aliphatic heterocycles. The molecule has 8 nitrogen and oxygen atoms in total. The van der Waals surface area contributed by atoms with Gasteiger partial charge in [-0.1, -0.05) is 0 Å². The molecule has 0 aromatic heterocycles. The van der Waals surface area contributed by atoms with Crippen molar-refractivity contribution in [3.05, 3.63) is 24.3 Å². The van der Waals surface area contributed by atoms with Crippen LogP contribution in [0, 0.1) is 0 Å². The molecule has 6 atom stereocenters. The van der Waals surface area contributed by atoms with Crippen molar-refractivity contribution in [1.29, 1.82) is 0 Å². The largest absolute Gasteiger partial charge is 0.491 e. The van der Waals surface area contributed by atoms with Crippen molar-refractivity contribution in [2.75, 3.05) is 19.8 Å². The van der Waals surface area contributed by atoms with E-state index in [9.17, 15) is 15.3 Å². The van der Waals surface area contributed by atoms with Gasteiger partial charge in [-0.05, 0) is 24.3 Å². The zero-order chi connectivity index (χ0) is 16.4. The molecule has 0 radical (unpaired) electrons. The topological polar surface area (TPSA) is 121 Å². The second-order valence-electron chi connectivity index (χ2n) is 5.55. The summed E-state index contributed by atoms with van der Waals surface area (Å²) in [5.74, 6) is 1.05. The molecule has 0 aliphatic carbocycles. The molecule has 23 heavy (non-hydrogen) atoms. The fourth-order valence-corrected chi connectivity index (χ4v) is 2.27. The molecule has 4 N–H and O–H groups in total. The third-order valence-electron chi connectivity index (χ3n) is 3.76. The maximum atomic E-state index is 9.91. The van der Waals surface area contributed by atoms with E-state index in [-0.39, 0.29) is 6.10 Å². The van der Waals surface area contributed by atoms with Gasteiger partial charge < -0.3 is 39.4 Å². The quantitative estimate of drug-likeness (QED) is 0.473. The fraction of sp³-hybridized carbons (Fsp3) is 0.600. The SMILES string of the molecule is OC[C@H]1O[C@@H](Oc2ccc(OC[C@@H]3CO3)cc2)[C@H](O)[C@@H](O)[C@@H]1O. The van der Waals surface area contributed by atoms with Crippen LogP contribution in [-0.2, 0) is 9.47 Å². The summed E-state index contributed by atoms with van der Waals surface area (Å²) in [7, 11) is 0. The van der Waals surface area contributed by atoms with E-state index in [4.69, 9.17) is 24.1 Å². The van der Waals surface area contributed by atoms with Crippen molar-refractivity contribution < 1.29 is 39.4 Å². The van der Waals surface area contributed by atoms with Crippen LogP contribution in [0.15, 0.2) is 24.3 Å². The summed E-state index contributed by atoms with van der Waals surface area (Å²) in [6, 6.07) is 6.65. The zero-order valence-corrected chi connectivity index (χ0v) is 12.3. The Labute approximate surface area is 132 Å². The highest BCUT2D eigenvalue weighted by Gasteiger charge is 2.44. The van der Waals surface area contributed by atoms with Crippen LogP contribution < -0.4 is 9.47 Å². The first-order valence-electron chi connectivity index (χ1n) is 7.40. The third kappa shape index (κ3) is 3.92. The van der Waals surface area contributed by atoms with Crippen molar-refractivity contribution in [1.82, 2.24) is 0 Å². The number of aliphatic hydroxyl groups excluding tert-OH is 4. The highest BCUT2D eigenvalue weighted by Crippen LogP contribution is 2.25. The lowest BCUT2D eigenvalue weighted by molar-refractivity contribution is -0.277. The first kappa shape index (κ1) is 16.4. The van der Waals surface area contributed by atoms with Gasteiger partial charge in [0.15, 0.2) is 0 Å². The van der Waals surface area contributed by atoms with E-state index < -0.39 is 37.3 Å². The van der Waals surface area contributed by atoms with Crippen LogP contribution in [0.4, 0.5) is 0 Å². The fourth-order valence-electron chi connectivity index (χ4n) is 2.27. The smallest absolute Gasteiger partial charge is 0.229 e. The van der Waals surface area contributed by atoms with Crippen LogP contribution >= 0.6 is 0 Å². The number of aliphatic hydroxyl groups is 4. The van der Waals surface area contributed by atoms with Gasteiger partial charge in [0.05, 0.1) is 13.2 Å². The highest BCUT2D eigenvalue weighted by molar-refractivity contribution is 5.31. The van der Waals surface area contributed by atoms with Crippen molar-refractivity contribution in [2.45, 2.75) is 36.8 Å². The van der Waals surface area contributed by atoms with E-state index in [0.29, 0.717) is 18.1 Å². The number of ether oxygens (including phenoxy) is 4. The van der Waals surface area contributed by atoms with Gasteiger partial charge in [-0.15, -0.1) is 0 Å². The van der Waals surface area contributed by atoms with Crippen molar-refractivity contribution in [2.24, 2.45) is 0 Å². The van der Waals surface area contributed by atoms with Gasteiger partial charge in [0.1, 0.15) is 48.6 Å². The number of hydrogen-bond donors (Lipinski definition) is 4. The Balaban J connectivity index is 1.58. The van der Waals surface area contributed by atoms with Gasteiger partial charge in [-0.2, -0.15) is 0 Å². The Kier molecular flexibility index (Phi) is 5.00. The molecule has 2 heterocycles. The Bertz CT molecular complexity index is 501. The van der Waals surface area contributed by atoms with Gasteiger partial charge in [0.2, 0.25) is 6.29 Å². The summed E-state index contributed by atoms with van der Waals surface area (Å²) in [5, 5.41) is 38.5. The molecule has 0 spiro atoms. The Hall–Kier alpha value is -1.42. The molecule has 8 heteroatoms. The number of hydrogen-bond acceptors (Lipinski definition) is 8. The molecular weight excluding hydrogens is 308 g/mol. The van der Waals surface area contributed by atoms with Gasteiger partial charge in [-0.25, -0.2) is 0 Å². The lowest BCUT2D eigenvalue weighted by Gasteiger charge is -2.39. The van der Waals surface area contributed by atoms with E-state index in [2.05, 4.69) is 0 Å². The van der Waals surface area contributed by atoms with Crippen LogP contribution in [0.1, 0.15) is 0 Å². The van der Waals surface area contributed by atoms with Crippen LogP contribution in [0.3, 0.4) is 0 Å². The average molecular weight is 328 g/mol. The summed E-state index contributed by atoms with van der Waals surface area (Å²) < 4.78 is 21.3. The summed E-state index contributed by atoms with van der Waals surface area (Å²) in [6.45, 7) is 0.714. The van der Waals surface area contributed by atoms with Gasteiger partial charge >= 0.3 is 0 Å². The molecule has 0 unspecified atom stereocenters. The van der Waals surface area contributed by atoms with E-state index in [1.807, 2.05) is 0 Å². The van der Waals surface area contributed by atoms with E-state index >= 15 is 0 Å². The van der Waals surface area contributed by atoms with E-state index in [0.717, 1.165) is 6.61 Å². The predicted molar refractivity (Wildman–Crippen MR) is 76.1 cm³/mol. The summed E-state index contributed by atoms with van der Waals surface area (Å²) >= 11 is 0. The molecule has 0 bridgehead atoms. The molecule has 2 fully saturated rings. The maximum absolute atomic E-state index is 9.91. The Morgan fingerprint density at radius 2 is 1.65 bits per heavy atom. The summed E-state index contributed by atoms with van der Waals surface area (Å²) in [5.41, 5.74) is 0. The molecule has 3 rings (SSSR count). The number of epoxide rings is 1. The molecule has 2 saturated heterocycles. The lowest BCUT2D eigenvalue weighted by atomic mass is 9.99. The minimum Gasteiger partial charge on any atom is -0.491 e. The zero-order valence-electron chi connectivity index (χ0n) is 12.3. The minimum absolute atomic E-state index is 0.167. The lowest BCUT2D eigenvalue weighted by Crippen LogP contribution is -2.60. The molecule has 128 valence electrons. The third-order valence-corrected chi connectivity index (χ3v) is 3.76. The second-order valence-corrected chi connectivity index (χ2v) is 5.55. The Morgan fingerprint density at radius 3 is 2.26 bits per heavy atom. The van der Waals surface area contributed by atoms with Gasteiger partial charge in [0.25, 0.3) is 0 Å². The predicted octanol–water partition coefficient (Wildman–Crippen LogP) is -1.36. The first-order chi connectivity index (χ1) is 11.1. The normalized spacial score (nSPS) is 36.5. The molecular formula is C15H20O8. The second kappa shape index (κ2) is 7.00. The standard InChI is InChI=1S/C15H20O8/c16-5-11-12(17)13(18)14(19)15(23-11)22-9-3-1-8(2-4-9)20-6-10-7-21-10/h1-4,10-19H,5-7H2/t10-,11-,12-,13+,14-,15-/m1/s1. The molecule has 2 aliphatic rings. The minimum atomic E-state index is -1.47.